The standard InChI is InChI=1S/C16H21F4N3/c17-15-2-1-13(16(18,19)20)9-12(15)10-22-6-3-14(11-22)23-7-4-21-5-8-23/h1-2,9,14,21H,3-8,10-11H2. The van der Waals surface area contributed by atoms with Crippen LogP contribution in [-0.4, -0.2) is 55.1 Å². The van der Waals surface area contributed by atoms with Crippen molar-refractivity contribution in [3.8, 4) is 0 Å². The number of benzene rings is 1. The van der Waals surface area contributed by atoms with E-state index in [0.717, 1.165) is 63.9 Å². The van der Waals surface area contributed by atoms with Crippen LogP contribution in [0.1, 0.15) is 17.5 Å². The summed E-state index contributed by atoms with van der Waals surface area (Å²) in [6, 6.07) is 3.08. The van der Waals surface area contributed by atoms with Crippen molar-refractivity contribution in [1.29, 1.82) is 0 Å². The van der Waals surface area contributed by atoms with Crippen LogP contribution in [0.5, 0.6) is 0 Å². The number of halogens is 4. The number of rotatable bonds is 3. The Kier molecular flexibility index (Phi) is 4.89. The van der Waals surface area contributed by atoms with Crippen LogP contribution in [0.3, 0.4) is 0 Å². The number of piperazine rings is 1. The largest absolute Gasteiger partial charge is 0.416 e. The highest BCUT2D eigenvalue weighted by atomic mass is 19.4. The van der Waals surface area contributed by atoms with E-state index in [0.29, 0.717) is 6.04 Å². The van der Waals surface area contributed by atoms with E-state index in [2.05, 4.69) is 10.2 Å². The molecule has 1 unspecified atom stereocenters. The van der Waals surface area contributed by atoms with Crippen molar-refractivity contribution in [2.24, 2.45) is 0 Å². The topological polar surface area (TPSA) is 18.5 Å². The summed E-state index contributed by atoms with van der Waals surface area (Å²) in [5, 5.41) is 3.31. The molecular formula is C16H21F4N3. The fourth-order valence-electron chi connectivity index (χ4n) is 3.41. The van der Waals surface area contributed by atoms with Crippen LogP contribution in [0.2, 0.25) is 0 Å². The molecule has 0 radical (unpaired) electrons. The summed E-state index contributed by atoms with van der Waals surface area (Å²) < 4.78 is 52.2. The normalized spacial score (nSPS) is 24.3. The first-order valence-electron chi connectivity index (χ1n) is 7.96. The Morgan fingerprint density at radius 3 is 2.57 bits per heavy atom. The van der Waals surface area contributed by atoms with E-state index < -0.39 is 17.6 Å². The number of hydrogen-bond donors (Lipinski definition) is 1. The van der Waals surface area contributed by atoms with Crippen LogP contribution in [0.4, 0.5) is 17.6 Å². The molecule has 3 nitrogen and oxygen atoms in total. The number of nitrogens with zero attached hydrogens (tertiary/aromatic N) is 2. The minimum Gasteiger partial charge on any atom is -0.314 e. The van der Waals surface area contributed by atoms with Crippen LogP contribution in [0.15, 0.2) is 18.2 Å². The highest BCUT2D eigenvalue weighted by Gasteiger charge is 2.32. The van der Waals surface area contributed by atoms with E-state index in [1.807, 2.05) is 4.90 Å². The van der Waals surface area contributed by atoms with Crippen molar-refractivity contribution >= 4 is 0 Å². The van der Waals surface area contributed by atoms with E-state index >= 15 is 0 Å². The lowest BCUT2D eigenvalue weighted by Gasteiger charge is -2.32. The van der Waals surface area contributed by atoms with Gasteiger partial charge in [-0.25, -0.2) is 4.39 Å². The summed E-state index contributed by atoms with van der Waals surface area (Å²) in [6.45, 7) is 5.75. The maximum Gasteiger partial charge on any atom is 0.416 e. The van der Waals surface area contributed by atoms with Crippen molar-refractivity contribution in [1.82, 2.24) is 15.1 Å². The second-order valence-corrected chi connectivity index (χ2v) is 6.27. The predicted octanol–water partition coefficient (Wildman–Crippen LogP) is 2.32. The van der Waals surface area contributed by atoms with Gasteiger partial charge < -0.3 is 5.32 Å². The quantitative estimate of drug-likeness (QED) is 0.858. The highest BCUT2D eigenvalue weighted by Crippen LogP contribution is 2.31. The average molecular weight is 331 g/mol. The zero-order valence-electron chi connectivity index (χ0n) is 12.9. The minimum absolute atomic E-state index is 0.126. The molecule has 1 aromatic carbocycles. The van der Waals surface area contributed by atoms with E-state index in [1.54, 1.807) is 0 Å². The third-order valence-electron chi connectivity index (χ3n) is 4.68. The fraction of sp³-hybridized carbons (Fsp3) is 0.625. The van der Waals surface area contributed by atoms with E-state index in [4.69, 9.17) is 0 Å². The molecule has 128 valence electrons. The van der Waals surface area contributed by atoms with Gasteiger partial charge in [0.2, 0.25) is 0 Å². The molecule has 0 saturated carbocycles. The van der Waals surface area contributed by atoms with Gasteiger partial charge in [0.05, 0.1) is 5.56 Å². The van der Waals surface area contributed by atoms with Gasteiger partial charge in [0, 0.05) is 57.4 Å². The number of alkyl halides is 3. The molecule has 0 amide bonds. The Balaban J connectivity index is 1.64. The van der Waals surface area contributed by atoms with Crippen LogP contribution in [0, 0.1) is 5.82 Å². The van der Waals surface area contributed by atoms with Gasteiger partial charge in [-0.05, 0) is 24.6 Å². The highest BCUT2D eigenvalue weighted by molar-refractivity contribution is 5.27. The molecule has 0 bridgehead atoms. The molecule has 2 fully saturated rings. The smallest absolute Gasteiger partial charge is 0.314 e. The lowest BCUT2D eigenvalue weighted by Crippen LogP contribution is -2.49. The van der Waals surface area contributed by atoms with Gasteiger partial charge in [-0.1, -0.05) is 0 Å². The first-order valence-corrected chi connectivity index (χ1v) is 7.96. The number of likely N-dealkylation sites (tertiary alicyclic amines) is 1. The molecule has 2 saturated heterocycles. The third kappa shape index (κ3) is 4.02. The maximum absolute atomic E-state index is 13.9. The Morgan fingerprint density at radius 2 is 1.87 bits per heavy atom. The summed E-state index contributed by atoms with van der Waals surface area (Å²) in [5.74, 6) is -0.566. The molecule has 3 rings (SSSR count). The zero-order valence-corrected chi connectivity index (χ0v) is 12.9. The molecule has 0 spiro atoms. The summed E-state index contributed by atoms with van der Waals surface area (Å²) in [7, 11) is 0. The van der Waals surface area contributed by atoms with Gasteiger partial charge in [0.25, 0.3) is 0 Å². The molecular weight excluding hydrogens is 310 g/mol. The molecule has 2 heterocycles. The van der Waals surface area contributed by atoms with Crippen LogP contribution < -0.4 is 5.32 Å². The number of hydrogen-bond acceptors (Lipinski definition) is 3. The summed E-state index contributed by atoms with van der Waals surface area (Å²) in [4.78, 5) is 4.46. The Bertz CT molecular complexity index is 541. The summed E-state index contributed by atoms with van der Waals surface area (Å²) in [6.07, 6.45) is -3.45. The first-order chi connectivity index (χ1) is 10.9. The SMILES string of the molecule is Fc1ccc(C(F)(F)F)cc1CN1CCC(N2CCNCC2)C1. The lowest BCUT2D eigenvalue weighted by atomic mass is 10.1. The molecule has 2 aliphatic rings. The third-order valence-corrected chi connectivity index (χ3v) is 4.68. The van der Waals surface area contributed by atoms with E-state index in [9.17, 15) is 17.6 Å². The summed E-state index contributed by atoms with van der Waals surface area (Å²) in [5.41, 5.74) is -0.660. The molecule has 1 N–H and O–H groups in total. The van der Waals surface area contributed by atoms with Gasteiger partial charge in [-0.15, -0.1) is 0 Å². The molecule has 1 atom stereocenters. The second kappa shape index (κ2) is 6.75. The summed E-state index contributed by atoms with van der Waals surface area (Å²) >= 11 is 0. The van der Waals surface area contributed by atoms with E-state index in [-0.39, 0.29) is 12.1 Å². The molecule has 7 heteroatoms. The maximum atomic E-state index is 13.9. The van der Waals surface area contributed by atoms with Crippen LogP contribution in [-0.2, 0) is 12.7 Å². The Hall–Kier alpha value is -1.18. The zero-order chi connectivity index (χ0) is 16.4. The number of nitrogens with one attached hydrogen (secondary N) is 1. The van der Waals surface area contributed by atoms with Gasteiger partial charge >= 0.3 is 6.18 Å². The van der Waals surface area contributed by atoms with Crippen LogP contribution in [0.25, 0.3) is 0 Å². The monoisotopic (exact) mass is 331 g/mol. The molecule has 0 aromatic heterocycles. The fourth-order valence-corrected chi connectivity index (χ4v) is 3.41. The van der Waals surface area contributed by atoms with Crippen molar-refractivity contribution < 1.29 is 17.6 Å². The van der Waals surface area contributed by atoms with Gasteiger partial charge in [0.15, 0.2) is 0 Å². The molecule has 2 aliphatic heterocycles. The first kappa shape index (κ1) is 16.7. The Labute approximate surface area is 133 Å². The minimum atomic E-state index is -4.43. The van der Waals surface area contributed by atoms with Crippen molar-refractivity contribution in [3.05, 3.63) is 35.1 Å². The molecule has 1 aromatic rings. The van der Waals surface area contributed by atoms with Crippen LogP contribution >= 0.6 is 0 Å². The molecule has 0 aliphatic carbocycles. The van der Waals surface area contributed by atoms with Gasteiger partial charge in [0.1, 0.15) is 5.82 Å². The average Bonchev–Trinajstić information content (AvgIpc) is 2.98. The Morgan fingerprint density at radius 1 is 1.13 bits per heavy atom. The van der Waals surface area contributed by atoms with Crippen molar-refractivity contribution in [2.45, 2.75) is 25.2 Å². The van der Waals surface area contributed by atoms with Crippen molar-refractivity contribution in [2.75, 3.05) is 39.3 Å². The van der Waals surface area contributed by atoms with E-state index in [1.165, 1.54) is 0 Å². The van der Waals surface area contributed by atoms with Gasteiger partial charge in [-0.2, -0.15) is 13.2 Å². The molecule has 23 heavy (non-hydrogen) atoms. The predicted molar refractivity (Wildman–Crippen MR) is 79.5 cm³/mol. The lowest BCUT2D eigenvalue weighted by molar-refractivity contribution is -0.137. The van der Waals surface area contributed by atoms with Crippen molar-refractivity contribution in [3.63, 3.8) is 0 Å². The van der Waals surface area contributed by atoms with Gasteiger partial charge in [-0.3, -0.25) is 9.80 Å². The second-order valence-electron chi connectivity index (χ2n) is 6.27.